The highest BCUT2D eigenvalue weighted by atomic mass is 35.5. The predicted octanol–water partition coefficient (Wildman–Crippen LogP) is 6.26. The molecule has 1 N–H and O–H groups in total. The van der Waals surface area contributed by atoms with Gasteiger partial charge in [-0.15, -0.1) is 0 Å². The first kappa shape index (κ1) is 23.6. The molecule has 2 aromatic heterocycles. The molecule has 4 aromatic rings. The van der Waals surface area contributed by atoms with Crippen molar-refractivity contribution in [2.75, 3.05) is 0 Å². The lowest BCUT2D eigenvalue weighted by Gasteiger charge is -2.07. The molecule has 4 rings (SSSR count). The molecule has 0 unspecified atom stereocenters. The molecule has 0 saturated carbocycles. The molecule has 2 heterocycles. The highest BCUT2D eigenvalue weighted by molar-refractivity contribution is 6.42. The Hall–Kier alpha value is -3.01. The van der Waals surface area contributed by atoms with Crippen molar-refractivity contribution in [1.82, 2.24) is 0 Å². The number of aromatic carboxylic acids is 1. The maximum atomic E-state index is 12.4. The number of hydrogen-bond donors (Lipinski definition) is 1. The average molecular weight is 508 g/mol. The van der Waals surface area contributed by atoms with Crippen LogP contribution in [-0.2, 0) is 6.18 Å². The van der Waals surface area contributed by atoms with E-state index < -0.39 is 34.5 Å². The smallest absolute Gasteiger partial charge is 0.416 e. The third-order valence-electron chi connectivity index (χ3n) is 4.00. The summed E-state index contributed by atoms with van der Waals surface area (Å²) in [5, 5.41) is 9.31. The van der Waals surface area contributed by atoms with Crippen LogP contribution in [0.25, 0.3) is 21.9 Å². The highest BCUT2D eigenvalue weighted by Gasteiger charge is 2.30. The quantitative estimate of drug-likeness (QED) is 0.305. The van der Waals surface area contributed by atoms with Crippen molar-refractivity contribution >= 4 is 62.7 Å². The predicted molar refractivity (Wildman–Crippen MR) is 112 cm³/mol. The van der Waals surface area contributed by atoms with Gasteiger partial charge in [0, 0.05) is 23.6 Å². The van der Waals surface area contributed by atoms with Crippen molar-refractivity contribution in [3.8, 4) is 0 Å². The van der Waals surface area contributed by atoms with Crippen LogP contribution < -0.4 is 11.1 Å². The van der Waals surface area contributed by atoms with E-state index >= 15 is 0 Å². The van der Waals surface area contributed by atoms with E-state index in [4.69, 9.17) is 48.7 Å². The third kappa shape index (κ3) is 5.07. The molecule has 0 atom stereocenters. The molecule has 0 spiro atoms. The van der Waals surface area contributed by atoms with Crippen molar-refractivity contribution in [1.29, 1.82) is 0 Å². The van der Waals surface area contributed by atoms with E-state index in [1.807, 2.05) is 0 Å². The molecule has 0 aliphatic carbocycles. The van der Waals surface area contributed by atoms with Gasteiger partial charge in [0.2, 0.25) is 5.76 Å². The van der Waals surface area contributed by atoms with E-state index in [-0.39, 0.29) is 37.0 Å². The maximum Gasteiger partial charge on any atom is 0.416 e. The number of fused-ring (bicyclic) bond motifs is 2. The van der Waals surface area contributed by atoms with E-state index in [1.54, 1.807) is 0 Å². The van der Waals surface area contributed by atoms with Crippen LogP contribution in [0.2, 0.25) is 15.1 Å². The summed E-state index contributed by atoms with van der Waals surface area (Å²) in [7, 11) is 0. The molecular formula is C20H8Cl3F3O6. The average Bonchev–Trinajstić information content (AvgIpc) is 2.68. The van der Waals surface area contributed by atoms with Crippen molar-refractivity contribution in [2.45, 2.75) is 6.18 Å². The number of carbonyl (C=O) groups is 1. The molecule has 0 radical (unpaired) electrons. The molecule has 166 valence electrons. The number of rotatable bonds is 1. The van der Waals surface area contributed by atoms with E-state index in [9.17, 15) is 27.6 Å². The van der Waals surface area contributed by atoms with E-state index in [0.717, 1.165) is 30.3 Å². The number of alkyl halides is 3. The second-order valence-electron chi connectivity index (χ2n) is 6.16. The minimum absolute atomic E-state index is 0.0329. The van der Waals surface area contributed by atoms with Crippen LogP contribution in [0.1, 0.15) is 16.1 Å². The number of carboxylic acids is 1. The summed E-state index contributed by atoms with van der Waals surface area (Å²) < 4.78 is 46.9. The van der Waals surface area contributed by atoms with Gasteiger partial charge in [0.05, 0.1) is 26.0 Å². The first-order valence-corrected chi connectivity index (χ1v) is 9.47. The summed E-state index contributed by atoms with van der Waals surface area (Å²) in [5.41, 5.74) is -1.88. The fourth-order valence-corrected chi connectivity index (χ4v) is 3.11. The summed E-state index contributed by atoms with van der Waals surface area (Å²) >= 11 is 17.1. The lowest BCUT2D eigenvalue weighted by molar-refractivity contribution is -0.137. The molecule has 2 aromatic carbocycles. The normalized spacial score (nSPS) is 11.3. The third-order valence-corrected chi connectivity index (χ3v) is 5.04. The van der Waals surface area contributed by atoms with Gasteiger partial charge in [0.15, 0.2) is 5.43 Å². The molecule has 32 heavy (non-hydrogen) atoms. The first-order valence-electron chi connectivity index (χ1n) is 8.33. The summed E-state index contributed by atoms with van der Waals surface area (Å²) in [5.74, 6) is -1.75. The van der Waals surface area contributed by atoms with Gasteiger partial charge in [-0.3, -0.25) is 4.79 Å². The number of benzene rings is 2. The molecule has 0 amide bonds. The second-order valence-corrected chi connectivity index (χ2v) is 7.39. The summed E-state index contributed by atoms with van der Waals surface area (Å²) in [6.45, 7) is 0. The Morgan fingerprint density at radius 2 is 1.47 bits per heavy atom. The second kappa shape index (κ2) is 8.85. The molecule has 0 aliphatic heterocycles. The van der Waals surface area contributed by atoms with Crippen molar-refractivity contribution < 1.29 is 31.9 Å². The Morgan fingerprint density at radius 1 is 0.812 bits per heavy atom. The zero-order valence-corrected chi connectivity index (χ0v) is 17.6. The maximum absolute atomic E-state index is 12.4. The zero-order chi connectivity index (χ0) is 23.8. The van der Waals surface area contributed by atoms with E-state index in [0.29, 0.717) is 0 Å². The number of hydrogen-bond acceptors (Lipinski definition) is 5. The molecule has 0 saturated heterocycles. The highest BCUT2D eigenvalue weighted by Crippen LogP contribution is 2.33. The molecule has 0 fully saturated rings. The molecule has 12 heteroatoms. The Kier molecular flexibility index (Phi) is 6.54. The standard InChI is InChI=1S/C10H4Cl2O4.C10H4ClF3O2/c11-5-1-4-7(13)3-9(10(14)15)16-8(4)2-6(5)12;11-7-4-9(15)16-8-2-1-5(3-6(7)8)10(12,13)14/h1-3H,(H,14,15);1-4H. The SMILES string of the molecule is O=C(O)c1cc(=O)c2cc(Cl)c(Cl)cc2o1.O=c1cc(Cl)c2cc(C(F)(F)F)ccc2o1. The zero-order valence-electron chi connectivity index (χ0n) is 15.3. The van der Waals surface area contributed by atoms with Crippen molar-refractivity contribution in [3.63, 3.8) is 0 Å². The van der Waals surface area contributed by atoms with Gasteiger partial charge in [0.25, 0.3) is 0 Å². The van der Waals surface area contributed by atoms with Gasteiger partial charge in [-0.1, -0.05) is 34.8 Å². The lowest BCUT2D eigenvalue weighted by Crippen LogP contribution is -2.06. The summed E-state index contributed by atoms with van der Waals surface area (Å²) in [6.07, 6.45) is -4.45. The Balaban J connectivity index is 0.000000181. The van der Waals surface area contributed by atoms with Crippen LogP contribution in [-0.4, -0.2) is 11.1 Å². The Bertz CT molecular complexity index is 1470. The molecular weight excluding hydrogens is 500 g/mol. The molecule has 6 nitrogen and oxygen atoms in total. The van der Waals surface area contributed by atoms with Crippen molar-refractivity contribution in [3.05, 3.63) is 89.5 Å². The number of halogens is 6. The van der Waals surface area contributed by atoms with E-state index in [1.165, 1.54) is 12.1 Å². The van der Waals surface area contributed by atoms with Crippen LogP contribution in [0.4, 0.5) is 13.2 Å². The van der Waals surface area contributed by atoms with Crippen LogP contribution in [0.3, 0.4) is 0 Å². The topological polar surface area (TPSA) is 97.7 Å². The van der Waals surface area contributed by atoms with Gasteiger partial charge < -0.3 is 13.9 Å². The molecule has 0 aliphatic rings. The monoisotopic (exact) mass is 506 g/mol. The summed E-state index contributed by atoms with van der Waals surface area (Å²) in [6, 6.07) is 7.25. The van der Waals surface area contributed by atoms with Crippen LogP contribution >= 0.6 is 34.8 Å². The van der Waals surface area contributed by atoms with Gasteiger partial charge in [-0.25, -0.2) is 9.59 Å². The molecule has 0 bridgehead atoms. The first-order chi connectivity index (χ1) is 14.9. The largest absolute Gasteiger partial charge is 0.475 e. The Morgan fingerprint density at radius 3 is 2.09 bits per heavy atom. The fourth-order valence-electron chi connectivity index (χ4n) is 2.56. The fraction of sp³-hybridized carbons (Fsp3) is 0.0500. The van der Waals surface area contributed by atoms with Gasteiger partial charge in [-0.2, -0.15) is 13.2 Å². The van der Waals surface area contributed by atoms with Gasteiger partial charge in [-0.05, 0) is 24.3 Å². The van der Waals surface area contributed by atoms with Gasteiger partial charge >= 0.3 is 17.8 Å². The van der Waals surface area contributed by atoms with Crippen LogP contribution in [0.5, 0.6) is 0 Å². The minimum atomic E-state index is -4.45. The van der Waals surface area contributed by atoms with Crippen LogP contribution in [0.15, 0.2) is 60.9 Å². The summed E-state index contributed by atoms with van der Waals surface area (Å²) in [4.78, 5) is 33.1. The minimum Gasteiger partial charge on any atom is -0.475 e. The Labute approximate surface area is 190 Å². The number of carboxylic acid groups (broad SMARTS) is 1. The van der Waals surface area contributed by atoms with E-state index in [2.05, 4.69) is 0 Å². The van der Waals surface area contributed by atoms with Crippen molar-refractivity contribution in [2.24, 2.45) is 0 Å². The van der Waals surface area contributed by atoms with Gasteiger partial charge in [0.1, 0.15) is 11.2 Å². The lowest BCUT2D eigenvalue weighted by atomic mass is 10.1. The van der Waals surface area contributed by atoms with Crippen LogP contribution in [0, 0.1) is 0 Å².